The molecule has 1 N–H and O–H groups in total. The van der Waals surface area contributed by atoms with E-state index in [1.807, 2.05) is 0 Å². The second-order valence-electron chi connectivity index (χ2n) is 4.37. The van der Waals surface area contributed by atoms with Gasteiger partial charge in [0.15, 0.2) is 5.75 Å². The van der Waals surface area contributed by atoms with E-state index < -0.39 is 16.4 Å². The highest BCUT2D eigenvalue weighted by Crippen LogP contribution is 2.30. The predicted molar refractivity (Wildman–Crippen MR) is 64.1 cm³/mol. The lowest BCUT2D eigenvalue weighted by Crippen LogP contribution is -2.33. The first-order valence-electron chi connectivity index (χ1n) is 5.95. The van der Waals surface area contributed by atoms with Gasteiger partial charge in [-0.25, -0.2) is 0 Å². The molecule has 1 aromatic rings. The fourth-order valence-corrected chi connectivity index (χ4v) is 2.06. The Morgan fingerprint density at radius 2 is 2.39 bits per heavy atom. The molecule has 0 saturated carbocycles. The third kappa shape index (κ3) is 2.95. The number of nitrogens with one attached hydrogen (secondary N) is 1. The Morgan fingerprint density at radius 3 is 3.06 bits per heavy atom. The summed E-state index contributed by atoms with van der Waals surface area (Å²) in [6.45, 7) is 2.21. The van der Waals surface area contributed by atoms with Crippen LogP contribution >= 0.6 is 0 Å². The van der Waals surface area contributed by atoms with Crippen molar-refractivity contribution in [1.29, 1.82) is 0 Å². The highest BCUT2D eigenvalue weighted by Gasteiger charge is 2.22. The number of rotatable bonds is 4. The van der Waals surface area contributed by atoms with Gasteiger partial charge in [-0.2, -0.15) is 4.39 Å². The van der Waals surface area contributed by atoms with Crippen LogP contribution < -0.4 is 10.1 Å². The van der Waals surface area contributed by atoms with Crippen molar-refractivity contribution in [1.82, 2.24) is 5.32 Å². The van der Waals surface area contributed by atoms with Crippen LogP contribution in [0, 0.1) is 21.8 Å². The minimum absolute atomic E-state index is 0.00516. The Bertz CT molecular complexity index is 433. The first-order valence-corrected chi connectivity index (χ1v) is 5.95. The molecule has 1 aliphatic heterocycles. The van der Waals surface area contributed by atoms with Gasteiger partial charge in [0, 0.05) is 12.5 Å². The van der Waals surface area contributed by atoms with Gasteiger partial charge < -0.3 is 10.1 Å². The molecule has 18 heavy (non-hydrogen) atoms. The average Bonchev–Trinajstić information content (AvgIpc) is 2.37. The maximum atomic E-state index is 13.3. The summed E-state index contributed by atoms with van der Waals surface area (Å²) in [4.78, 5) is 10.0. The van der Waals surface area contributed by atoms with Crippen molar-refractivity contribution < 1.29 is 14.1 Å². The van der Waals surface area contributed by atoms with Crippen LogP contribution in [0.1, 0.15) is 12.8 Å². The van der Waals surface area contributed by atoms with Crippen LogP contribution in [0.3, 0.4) is 0 Å². The number of nitro benzene ring substituents is 1. The molecule has 5 nitrogen and oxygen atoms in total. The Hall–Kier alpha value is -1.69. The summed E-state index contributed by atoms with van der Waals surface area (Å²) in [7, 11) is 0. The zero-order valence-corrected chi connectivity index (χ0v) is 9.89. The van der Waals surface area contributed by atoms with E-state index in [9.17, 15) is 14.5 Å². The quantitative estimate of drug-likeness (QED) is 0.660. The molecule has 1 aromatic carbocycles. The second-order valence-corrected chi connectivity index (χ2v) is 4.37. The summed E-state index contributed by atoms with van der Waals surface area (Å²) in [6, 6.07) is 3.90. The number of ether oxygens (including phenoxy) is 1. The summed E-state index contributed by atoms with van der Waals surface area (Å²) in [5, 5.41) is 14.0. The topological polar surface area (TPSA) is 64.4 Å². The molecule has 2 rings (SSSR count). The molecule has 1 unspecified atom stereocenters. The van der Waals surface area contributed by atoms with E-state index in [1.165, 1.54) is 12.1 Å². The number of hydrogen-bond acceptors (Lipinski definition) is 4. The summed E-state index contributed by atoms with van der Waals surface area (Å²) in [6.07, 6.45) is 2.09. The van der Waals surface area contributed by atoms with Gasteiger partial charge in [0.05, 0.1) is 11.5 Å². The summed E-state index contributed by atoms with van der Waals surface area (Å²) < 4.78 is 18.7. The van der Waals surface area contributed by atoms with E-state index in [0.29, 0.717) is 12.5 Å². The molecule has 1 saturated heterocycles. The molecule has 0 radical (unpaired) electrons. The fraction of sp³-hybridized carbons (Fsp3) is 0.500. The van der Waals surface area contributed by atoms with E-state index in [2.05, 4.69) is 5.32 Å². The molecule has 1 aliphatic rings. The van der Waals surface area contributed by atoms with Gasteiger partial charge in [-0.05, 0) is 31.5 Å². The van der Waals surface area contributed by atoms with Crippen LogP contribution in [0.5, 0.6) is 5.75 Å². The second kappa shape index (κ2) is 5.77. The number of halogens is 1. The minimum Gasteiger partial charge on any atom is -0.486 e. The molecular formula is C12H15FN2O3. The lowest BCUT2D eigenvalue weighted by Gasteiger charge is -2.22. The van der Waals surface area contributed by atoms with Crippen molar-refractivity contribution in [3.63, 3.8) is 0 Å². The average molecular weight is 254 g/mol. The lowest BCUT2D eigenvalue weighted by atomic mass is 10.0. The number of nitrogens with zero attached hydrogens (tertiary/aromatic N) is 1. The first-order chi connectivity index (χ1) is 8.68. The molecule has 1 fully saturated rings. The van der Waals surface area contributed by atoms with E-state index in [4.69, 9.17) is 4.74 Å². The Labute approximate surface area is 104 Å². The lowest BCUT2D eigenvalue weighted by molar-refractivity contribution is -0.388. The minimum atomic E-state index is -0.862. The van der Waals surface area contributed by atoms with Gasteiger partial charge in [0.2, 0.25) is 5.82 Å². The van der Waals surface area contributed by atoms with Crippen molar-refractivity contribution in [2.45, 2.75) is 12.8 Å². The number of piperidine rings is 1. The van der Waals surface area contributed by atoms with Crippen molar-refractivity contribution in [3.8, 4) is 5.75 Å². The van der Waals surface area contributed by atoms with Gasteiger partial charge in [0.25, 0.3) is 0 Å². The van der Waals surface area contributed by atoms with Crippen LogP contribution in [-0.4, -0.2) is 24.6 Å². The molecule has 0 amide bonds. The van der Waals surface area contributed by atoms with E-state index in [-0.39, 0.29) is 5.75 Å². The molecule has 0 aliphatic carbocycles. The maximum absolute atomic E-state index is 13.3. The van der Waals surface area contributed by atoms with Gasteiger partial charge in [0.1, 0.15) is 0 Å². The molecule has 0 spiro atoms. The fourth-order valence-electron chi connectivity index (χ4n) is 2.06. The molecule has 0 aromatic heterocycles. The van der Waals surface area contributed by atoms with E-state index in [1.54, 1.807) is 0 Å². The van der Waals surface area contributed by atoms with Gasteiger partial charge in [-0.1, -0.05) is 6.07 Å². The normalized spacial score (nSPS) is 19.5. The number of nitro groups is 1. The zero-order valence-electron chi connectivity index (χ0n) is 9.89. The third-order valence-corrected chi connectivity index (χ3v) is 3.01. The van der Waals surface area contributed by atoms with Crippen LogP contribution in [0.4, 0.5) is 10.1 Å². The van der Waals surface area contributed by atoms with Crippen LogP contribution in [0.15, 0.2) is 18.2 Å². The van der Waals surface area contributed by atoms with Crippen molar-refractivity contribution >= 4 is 5.69 Å². The third-order valence-electron chi connectivity index (χ3n) is 3.01. The summed E-state index contributed by atoms with van der Waals surface area (Å²) >= 11 is 0. The molecule has 0 bridgehead atoms. The Morgan fingerprint density at radius 1 is 1.56 bits per heavy atom. The highest BCUT2D eigenvalue weighted by atomic mass is 19.1. The van der Waals surface area contributed by atoms with Crippen molar-refractivity contribution in [3.05, 3.63) is 34.1 Å². The van der Waals surface area contributed by atoms with Gasteiger partial charge in [-0.3, -0.25) is 10.1 Å². The standard InChI is InChI=1S/C12H15FN2O3/c13-10-4-1-5-11(12(10)15(16)17)18-8-9-3-2-6-14-7-9/h1,4-5,9,14H,2-3,6-8H2. The van der Waals surface area contributed by atoms with Crippen molar-refractivity contribution in [2.75, 3.05) is 19.7 Å². The van der Waals surface area contributed by atoms with E-state index >= 15 is 0 Å². The monoisotopic (exact) mass is 254 g/mol. The number of benzene rings is 1. The number of para-hydroxylation sites is 1. The molecule has 6 heteroatoms. The van der Waals surface area contributed by atoms with Crippen LogP contribution in [0.25, 0.3) is 0 Å². The largest absolute Gasteiger partial charge is 0.486 e. The molecule has 1 atom stereocenters. The Kier molecular flexibility index (Phi) is 4.09. The zero-order chi connectivity index (χ0) is 13.0. The van der Waals surface area contributed by atoms with E-state index in [0.717, 1.165) is 32.0 Å². The first kappa shape index (κ1) is 12.8. The summed E-state index contributed by atoms with van der Waals surface area (Å²) in [5.41, 5.74) is -0.582. The van der Waals surface area contributed by atoms with Crippen molar-refractivity contribution in [2.24, 2.45) is 5.92 Å². The van der Waals surface area contributed by atoms with Crippen LogP contribution in [-0.2, 0) is 0 Å². The maximum Gasteiger partial charge on any atom is 0.346 e. The van der Waals surface area contributed by atoms with Gasteiger partial charge in [-0.15, -0.1) is 0 Å². The molecule has 98 valence electrons. The SMILES string of the molecule is O=[N+]([O-])c1c(F)cccc1OCC1CCCNC1. The number of hydrogen-bond donors (Lipinski definition) is 1. The summed E-state index contributed by atoms with van der Waals surface area (Å²) in [5.74, 6) is -0.536. The Balaban J connectivity index is 2.04. The predicted octanol–water partition coefficient (Wildman–Crippen LogP) is 2.11. The highest BCUT2D eigenvalue weighted by molar-refractivity contribution is 5.47. The molecular weight excluding hydrogens is 239 g/mol. The molecule has 1 heterocycles. The smallest absolute Gasteiger partial charge is 0.346 e. The van der Waals surface area contributed by atoms with Gasteiger partial charge >= 0.3 is 5.69 Å². The van der Waals surface area contributed by atoms with Crippen LogP contribution in [0.2, 0.25) is 0 Å².